The van der Waals surface area contributed by atoms with Gasteiger partial charge in [-0.1, -0.05) is 17.3 Å². The molecule has 6 nitrogen and oxygen atoms in total. The lowest BCUT2D eigenvalue weighted by Crippen LogP contribution is -2.24. The second-order valence-corrected chi connectivity index (χ2v) is 4.37. The van der Waals surface area contributed by atoms with Crippen molar-refractivity contribution in [3.8, 4) is 5.75 Å². The maximum absolute atomic E-state index is 12.1. The van der Waals surface area contributed by atoms with Gasteiger partial charge in [0.05, 0.1) is 12.8 Å². The van der Waals surface area contributed by atoms with E-state index >= 15 is 0 Å². The summed E-state index contributed by atoms with van der Waals surface area (Å²) in [5, 5.41) is 3.81. The number of nitrogens with zero attached hydrogens (tertiary/aromatic N) is 3. The molecule has 98 valence electrons. The highest BCUT2D eigenvalue weighted by atomic mass is 16.5. The number of carbonyl (C=O) groups is 1. The number of benzene rings is 1. The first-order valence-corrected chi connectivity index (χ1v) is 5.99. The fourth-order valence-corrected chi connectivity index (χ4v) is 2.32. The molecule has 1 saturated heterocycles. The van der Waals surface area contributed by atoms with Crippen LogP contribution in [0.2, 0.25) is 0 Å². The lowest BCUT2D eigenvalue weighted by Gasteiger charge is -2.18. The maximum atomic E-state index is 12.1. The predicted molar refractivity (Wildman–Crippen MR) is 67.0 cm³/mol. The van der Waals surface area contributed by atoms with Gasteiger partial charge < -0.3 is 14.2 Å². The molecule has 1 atom stereocenters. The van der Waals surface area contributed by atoms with E-state index in [-0.39, 0.29) is 11.8 Å². The SMILES string of the molecule is COc1ccccc1N1CC(c2ncon2)CC1=O. The highest BCUT2D eigenvalue weighted by molar-refractivity contribution is 5.97. The molecule has 2 heterocycles. The highest BCUT2D eigenvalue weighted by Crippen LogP contribution is 2.35. The molecule has 1 amide bonds. The lowest BCUT2D eigenvalue weighted by atomic mass is 10.1. The van der Waals surface area contributed by atoms with Gasteiger partial charge in [-0.3, -0.25) is 4.79 Å². The molecule has 0 aliphatic carbocycles. The van der Waals surface area contributed by atoms with Gasteiger partial charge in [0, 0.05) is 18.9 Å². The average molecular weight is 259 g/mol. The van der Waals surface area contributed by atoms with Gasteiger partial charge in [-0.15, -0.1) is 0 Å². The Labute approximate surface area is 110 Å². The molecule has 1 aromatic heterocycles. The molecule has 3 rings (SSSR count). The van der Waals surface area contributed by atoms with Gasteiger partial charge in [-0.05, 0) is 12.1 Å². The van der Waals surface area contributed by atoms with Crippen LogP contribution in [-0.4, -0.2) is 29.7 Å². The number of hydrogen-bond acceptors (Lipinski definition) is 5. The van der Waals surface area contributed by atoms with E-state index < -0.39 is 0 Å². The Hall–Kier alpha value is -2.37. The standard InChI is InChI=1S/C13H13N3O3/c1-18-11-5-3-2-4-10(11)16-7-9(6-12(16)17)13-14-8-19-15-13/h2-5,8-9H,6-7H2,1H3. The Morgan fingerprint density at radius 3 is 3.00 bits per heavy atom. The van der Waals surface area contributed by atoms with Gasteiger partial charge in [-0.2, -0.15) is 4.98 Å². The van der Waals surface area contributed by atoms with E-state index in [1.54, 1.807) is 12.0 Å². The van der Waals surface area contributed by atoms with Crippen molar-refractivity contribution in [3.05, 3.63) is 36.5 Å². The Bertz CT molecular complexity index is 583. The Kier molecular flexibility index (Phi) is 2.91. The third-order valence-corrected chi connectivity index (χ3v) is 3.24. The van der Waals surface area contributed by atoms with Crippen molar-refractivity contribution >= 4 is 11.6 Å². The number of hydrogen-bond donors (Lipinski definition) is 0. The third kappa shape index (κ3) is 2.05. The molecule has 0 saturated carbocycles. The van der Waals surface area contributed by atoms with Crippen LogP contribution in [0.25, 0.3) is 0 Å². The van der Waals surface area contributed by atoms with Crippen molar-refractivity contribution in [2.75, 3.05) is 18.6 Å². The summed E-state index contributed by atoms with van der Waals surface area (Å²) in [5.74, 6) is 1.27. The lowest BCUT2D eigenvalue weighted by molar-refractivity contribution is -0.117. The summed E-state index contributed by atoms with van der Waals surface area (Å²) in [6, 6.07) is 7.46. The van der Waals surface area contributed by atoms with Crippen molar-refractivity contribution in [3.63, 3.8) is 0 Å². The zero-order valence-electron chi connectivity index (χ0n) is 10.4. The van der Waals surface area contributed by atoms with Crippen molar-refractivity contribution in [1.29, 1.82) is 0 Å². The molecule has 1 aliphatic heterocycles. The quantitative estimate of drug-likeness (QED) is 0.837. The van der Waals surface area contributed by atoms with Crippen LogP contribution in [0.15, 0.2) is 35.2 Å². The minimum absolute atomic E-state index is 0.0313. The largest absolute Gasteiger partial charge is 0.495 e. The average Bonchev–Trinajstić information content (AvgIpc) is 3.07. The predicted octanol–water partition coefficient (Wildman–Crippen LogP) is 1.60. The smallest absolute Gasteiger partial charge is 0.227 e. The van der Waals surface area contributed by atoms with Crippen molar-refractivity contribution < 1.29 is 14.1 Å². The molecule has 0 N–H and O–H groups in total. The molecule has 0 radical (unpaired) electrons. The number of amides is 1. The first-order valence-electron chi connectivity index (χ1n) is 5.99. The first kappa shape index (κ1) is 11.7. The molecule has 1 fully saturated rings. The summed E-state index contributed by atoms with van der Waals surface area (Å²) in [4.78, 5) is 17.9. The van der Waals surface area contributed by atoms with Crippen molar-refractivity contribution in [2.24, 2.45) is 0 Å². The zero-order chi connectivity index (χ0) is 13.2. The molecule has 6 heteroatoms. The van der Waals surface area contributed by atoms with E-state index in [9.17, 15) is 4.79 Å². The van der Waals surface area contributed by atoms with E-state index in [0.29, 0.717) is 24.5 Å². The van der Waals surface area contributed by atoms with Crippen LogP contribution in [0.5, 0.6) is 5.75 Å². The molecular formula is C13H13N3O3. The molecule has 2 aromatic rings. The summed E-state index contributed by atoms with van der Waals surface area (Å²) in [6.07, 6.45) is 1.67. The Morgan fingerprint density at radius 1 is 1.42 bits per heavy atom. The van der Waals surface area contributed by atoms with Gasteiger partial charge >= 0.3 is 0 Å². The van der Waals surface area contributed by atoms with E-state index in [0.717, 1.165) is 5.69 Å². The molecule has 19 heavy (non-hydrogen) atoms. The third-order valence-electron chi connectivity index (χ3n) is 3.24. The molecule has 0 spiro atoms. The van der Waals surface area contributed by atoms with Crippen molar-refractivity contribution in [2.45, 2.75) is 12.3 Å². The molecule has 1 aliphatic rings. The van der Waals surface area contributed by atoms with E-state index in [1.165, 1.54) is 6.39 Å². The fraction of sp³-hybridized carbons (Fsp3) is 0.308. The Morgan fingerprint density at radius 2 is 2.26 bits per heavy atom. The van der Waals surface area contributed by atoms with Gasteiger partial charge in [-0.25, -0.2) is 0 Å². The summed E-state index contributed by atoms with van der Waals surface area (Å²) in [6.45, 7) is 0.540. The molecule has 1 aromatic carbocycles. The maximum Gasteiger partial charge on any atom is 0.227 e. The number of ether oxygens (including phenoxy) is 1. The van der Waals surface area contributed by atoms with Gasteiger partial charge in [0.1, 0.15) is 5.75 Å². The second-order valence-electron chi connectivity index (χ2n) is 4.37. The summed E-state index contributed by atoms with van der Waals surface area (Å²) in [7, 11) is 1.59. The molecule has 0 bridgehead atoms. The normalized spacial score (nSPS) is 18.9. The van der Waals surface area contributed by atoms with Gasteiger partial charge in [0.25, 0.3) is 0 Å². The van der Waals surface area contributed by atoms with Crippen LogP contribution in [0, 0.1) is 0 Å². The van der Waals surface area contributed by atoms with Crippen molar-refractivity contribution in [1.82, 2.24) is 10.1 Å². The van der Waals surface area contributed by atoms with Crippen LogP contribution in [0.1, 0.15) is 18.2 Å². The van der Waals surface area contributed by atoms with E-state index in [4.69, 9.17) is 9.26 Å². The number of rotatable bonds is 3. The van der Waals surface area contributed by atoms with Crippen LogP contribution in [-0.2, 0) is 4.79 Å². The Balaban J connectivity index is 1.88. The van der Waals surface area contributed by atoms with E-state index in [2.05, 4.69) is 10.1 Å². The minimum Gasteiger partial charge on any atom is -0.495 e. The minimum atomic E-state index is -0.0313. The first-order chi connectivity index (χ1) is 9.29. The van der Waals surface area contributed by atoms with Crippen LogP contribution < -0.4 is 9.64 Å². The monoisotopic (exact) mass is 259 g/mol. The van der Waals surface area contributed by atoms with Crippen LogP contribution >= 0.6 is 0 Å². The van der Waals surface area contributed by atoms with Gasteiger partial charge in [0.15, 0.2) is 5.82 Å². The number of methoxy groups -OCH3 is 1. The topological polar surface area (TPSA) is 68.5 Å². The molecular weight excluding hydrogens is 246 g/mol. The fourth-order valence-electron chi connectivity index (χ4n) is 2.32. The zero-order valence-corrected chi connectivity index (χ0v) is 10.4. The summed E-state index contributed by atoms with van der Waals surface area (Å²) < 4.78 is 10.0. The summed E-state index contributed by atoms with van der Waals surface area (Å²) in [5.41, 5.74) is 0.779. The van der Waals surface area contributed by atoms with E-state index in [1.807, 2.05) is 24.3 Å². The number of anilines is 1. The van der Waals surface area contributed by atoms with Crippen LogP contribution in [0.3, 0.4) is 0 Å². The van der Waals surface area contributed by atoms with Gasteiger partial charge in [0.2, 0.25) is 12.3 Å². The van der Waals surface area contributed by atoms with Crippen LogP contribution in [0.4, 0.5) is 5.69 Å². The number of aromatic nitrogens is 2. The summed E-state index contributed by atoms with van der Waals surface area (Å²) >= 11 is 0. The number of carbonyl (C=O) groups excluding carboxylic acids is 1. The second kappa shape index (κ2) is 4.72. The number of para-hydroxylation sites is 2. The molecule has 1 unspecified atom stereocenters. The highest BCUT2D eigenvalue weighted by Gasteiger charge is 2.35.